The molecule has 1 unspecified atom stereocenters. The minimum Gasteiger partial charge on any atom is -0.452 e. The minimum atomic E-state index is -0.804. The van der Waals surface area contributed by atoms with Crippen LogP contribution >= 0.6 is 0 Å². The van der Waals surface area contributed by atoms with Crippen LogP contribution in [0.15, 0.2) is 24.3 Å². The van der Waals surface area contributed by atoms with Crippen LogP contribution in [0.1, 0.15) is 57.2 Å². The molecule has 2 aliphatic rings. The fraction of sp³-hybridized carbons (Fsp3) is 0.455. The third kappa shape index (κ3) is 4.24. The average Bonchev–Trinajstić information content (AvgIpc) is 2.71. The molecule has 26 heavy (non-hydrogen) atoms. The second-order valence-electron chi connectivity index (χ2n) is 7.61. The SMILES string of the molecule is CC(=O)OC(C(=O)Nc1cc(C)c2cc(C(C)C)ccc(C)c1-2)C(C)C. The second kappa shape index (κ2) is 7.90. The van der Waals surface area contributed by atoms with Crippen molar-refractivity contribution in [3.63, 3.8) is 0 Å². The Bertz CT molecular complexity index is 792. The topological polar surface area (TPSA) is 55.4 Å². The van der Waals surface area contributed by atoms with Gasteiger partial charge in [0.25, 0.3) is 5.91 Å². The van der Waals surface area contributed by atoms with Gasteiger partial charge in [0.15, 0.2) is 6.10 Å². The maximum Gasteiger partial charge on any atom is 0.303 e. The maximum atomic E-state index is 12.7. The average molecular weight is 355 g/mol. The van der Waals surface area contributed by atoms with Crippen molar-refractivity contribution in [3.8, 4) is 11.1 Å². The molecule has 0 aliphatic heterocycles. The highest BCUT2D eigenvalue weighted by Gasteiger charge is 2.27. The standard InChI is InChI=1S/C22H29NO3/c1-12(2)17-9-8-14(5)20-18(11-17)15(6)10-19(20)23-22(25)21(13(3)4)26-16(7)24/h8-13,21H,1-7H3,(H,23,25). The van der Waals surface area contributed by atoms with Crippen molar-refractivity contribution in [2.45, 2.75) is 60.5 Å². The zero-order valence-corrected chi connectivity index (χ0v) is 16.8. The molecule has 0 fully saturated rings. The van der Waals surface area contributed by atoms with Gasteiger partial charge in [-0.1, -0.05) is 45.9 Å². The molecule has 0 heterocycles. The van der Waals surface area contributed by atoms with E-state index in [1.807, 2.05) is 33.8 Å². The summed E-state index contributed by atoms with van der Waals surface area (Å²) in [5, 5.41) is 2.98. The Morgan fingerprint density at radius 3 is 2.19 bits per heavy atom. The molecule has 1 amide bonds. The van der Waals surface area contributed by atoms with Crippen molar-refractivity contribution in [3.05, 3.63) is 41.0 Å². The van der Waals surface area contributed by atoms with E-state index in [1.54, 1.807) is 0 Å². The first-order valence-corrected chi connectivity index (χ1v) is 9.13. The molecule has 2 aliphatic carbocycles. The van der Waals surface area contributed by atoms with Crippen molar-refractivity contribution in [2.24, 2.45) is 5.92 Å². The lowest BCUT2D eigenvalue weighted by Crippen LogP contribution is -2.36. The number of anilines is 1. The van der Waals surface area contributed by atoms with Gasteiger partial charge in [0.1, 0.15) is 0 Å². The van der Waals surface area contributed by atoms with E-state index < -0.39 is 12.1 Å². The van der Waals surface area contributed by atoms with Crippen LogP contribution in [0.5, 0.6) is 0 Å². The van der Waals surface area contributed by atoms with Crippen molar-refractivity contribution in [2.75, 3.05) is 5.32 Å². The highest BCUT2D eigenvalue weighted by molar-refractivity contribution is 6.01. The molecular formula is C22H29NO3. The molecule has 2 rings (SSSR count). The number of nitrogens with one attached hydrogen (secondary N) is 1. The predicted molar refractivity (Wildman–Crippen MR) is 106 cm³/mol. The van der Waals surface area contributed by atoms with Crippen molar-refractivity contribution in [1.29, 1.82) is 0 Å². The van der Waals surface area contributed by atoms with Gasteiger partial charge in [-0.2, -0.15) is 0 Å². The third-order valence-electron chi connectivity index (χ3n) is 4.64. The van der Waals surface area contributed by atoms with Crippen LogP contribution in [0.3, 0.4) is 0 Å². The Kier molecular flexibility index (Phi) is 6.06. The van der Waals surface area contributed by atoms with E-state index in [9.17, 15) is 9.59 Å². The molecule has 0 saturated heterocycles. The van der Waals surface area contributed by atoms with Gasteiger partial charge in [-0.25, -0.2) is 0 Å². The molecule has 0 aromatic carbocycles. The van der Waals surface area contributed by atoms with Gasteiger partial charge in [0.2, 0.25) is 0 Å². The summed E-state index contributed by atoms with van der Waals surface area (Å²) in [6, 6.07) is 8.42. The first-order chi connectivity index (χ1) is 12.1. The van der Waals surface area contributed by atoms with Gasteiger partial charge in [-0.05, 0) is 54.0 Å². The Labute approximate surface area is 156 Å². The molecule has 1 N–H and O–H groups in total. The van der Waals surface area contributed by atoms with Crippen LogP contribution in [0, 0.1) is 19.8 Å². The van der Waals surface area contributed by atoms with Crippen molar-refractivity contribution in [1.82, 2.24) is 0 Å². The largest absolute Gasteiger partial charge is 0.452 e. The van der Waals surface area contributed by atoms with Gasteiger partial charge < -0.3 is 10.1 Å². The van der Waals surface area contributed by atoms with Crippen molar-refractivity contribution >= 4 is 17.6 Å². The van der Waals surface area contributed by atoms with E-state index in [0.29, 0.717) is 5.92 Å². The summed E-state index contributed by atoms with van der Waals surface area (Å²) < 4.78 is 5.21. The number of fused-ring (bicyclic) bond motifs is 1. The Morgan fingerprint density at radius 2 is 1.65 bits per heavy atom. The number of aryl methyl sites for hydroxylation is 2. The smallest absolute Gasteiger partial charge is 0.303 e. The van der Waals surface area contributed by atoms with Crippen LogP contribution in [0.25, 0.3) is 11.1 Å². The predicted octanol–water partition coefficient (Wildman–Crippen LogP) is 5.06. The molecule has 4 heteroatoms. The third-order valence-corrected chi connectivity index (χ3v) is 4.64. The zero-order chi connectivity index (χ0) is 19.6. The number of amides is 1. The summed E-state index contributed by atoms with van der Waals surface area (Å²) in [7, 11) is 0. The fourth-order valence-electron chi connectivity index (χ4n) is 3.17. The lowest BCUT2D eigenvalue weighted by molar-refractivity contribution is -0.154. The highest BCUT2D eigenvalue weighted by atomic mass is 16.5. The van der Waals surface area contributed by atoms with E-state index in [2.05, 4.69) is 37.4 Å². The number of carbonyl (C=O) groups excluding carboxylic acids is 2. The van der Waals surface area contributed by atoms with Gasteiger partial charge in [-0.15, -0.1) is 0 Å². The van der Waals surface area contributed by atoms with Gasteiger partial charge in [0, 0.05) is 18.2 Å². The highest BCUT2D eigenvalue weighted by Crippen LogP contribution is 2.39. The van der Waals surface area contributed by atoms with Gasteiger partial charge in [0.05, 0.1) is 0 Å². The second-order valence-corrected chi connectivity index (χ2v) is 7.61. The number of hydrogen-bond acceptors (Lipinski definition) is 3. The number of esters is 1. The van der Waals surface area contributed by atoms with E-state index in [0.717, 1.165) is 27.9 Å². The van der Waals surface area contributed by atoms with E-state index >= 15 is 0 Å². The molecule has 0 saturated carbocycles. The molecule has 0 bridgehead atoms. The molecule has 0 spiro atoms. The van der Waals surface area contributed by atoms with Crippen molar-refractivity contribution < 1.29 is 14.3 Å². The summed E-state index contributed by atoms with van der Waals surface area (Å²) in [6.45, 7) is 13.5. The summed E-state index contributed by atoms with van der Waals surface area (Å²) in [4.78, 5) is 24.0. The summed E-state index contributed by atoms with van der Waals surface area (Å²) in [5.41, 5.74) is 6.42. The fourth-order valence-corrected chi connectivity index (χ4v) is 3.17. The molecule has 140 valence electrons. The first-order valence-electron chi connectivity index (χ1n) is 9.13. The lowest BCUT2D eigenvalue weighted by atomic mass is 10.0. The Balaban J connectivity index is 2.43. The lowest BCUT2D eigenvalue weighted by Gasteiger charge is -2.20. The Hall–Kier alpha value is -2.36. The van der Waals surface area contributed by atoms with Crippen LogP contribution in [0.2, 0.25) is 0 Å². The quantitative estimate of drug-likeness (QED) is 0.763. The monoisotopic (exact) mass is 355 g/mol. The number of rotatable bonds is 5. The zero-order valence-electron chi connectivity index (χ0n) is 16.8. The normalized spacial score (nSPS) is 12.5. The summed E-state index contributed by atoms with van der Waals surface area (Å²) >= 11 is 0. The maximum absolute atomic E-state index is 12.7. The van der Waals surface area contributed by atoms with E-state index in [4.69, 9.17) is 4.74 Å². The van der Waals surface area contributed by atoms with Crippen LogP contribution in [-0.2, 0) is 14.3 Å². The van der Waals surface area contributed by atoms with Gasteiger partial charge in [-0.3, -0.25) is 9.59 Å². The molecule has 0 aromatic rings. The molecule has 1 atom stereocenters. The number of hydrogen-bond donors (Lipinski definition) is 1. The minimum absolute atomic E-state index is 0.106. The molecular weight excluding hydrogens is 326 g/mol. The van der Waals surface area contributed by atoms with Crippen LogP contribution < -0.4 is 5.32 Å². The first kappa shape index (κ1) is 20.0. The Morgan fingerprint density at radius 1 is 1.00 bits per heavy atom. The number of ether oxygens (including phenoxy) is 1. The van der Waals surface area contributed by atoms with Gasteiger partial charge >= 0.3 is 5.97 Å². The molecule has 0 aromatic heterocycles. The van der Waals surface area contributed by atoms with Crippen LogP contribution in [-0.4, -0.2) is 18.0 Å². The van der Waals surface area contributed by atoms with Crippen LogP contribution in [0.4, 0.5) is 5.69 Å². The summed E-state index contributed by atoms with van der Waals surface area (Å²) in [5.74, 6) is -0.429. The van der Waals surface area contributed by atoms with E-state index in [1.165, 1.54) is 12.5 Å². The molecule has 4 nitrogen and oxygen atoms in total. The summed E-state index contributed by atoms with van der Waals surface area (Å²) in [6.07, 6.45) is -0.804. The number of carbonyl (C=O) groups is 2. The molecule has 0 radical (unpaired) electrons. The van der Waals surface area contributed by atoms with E-state index in [-0.39, 0.29) is 11.8 Å².